The van der Waals surface area contributed by atoms with Gasteiger partial charge < -0.3 is 44.7 Å². The lowest BCUT2D eigenvalue weighted by molar-refractivity contribution is -0.931. The van der Waals surface area contributed by atoms with E-state index in [1.165, 1.54) is 48.3 Å². The van der Waals surface area contributed by atoms with Crippen molar-refractivity contribution in [3.8, 4) is 17.1 Å². The van der Waals surface area contributed by atoms with Crippen LogP contribution in [0.15, 0.2) is 73.3 Å². The summed E-state index contributed by atoms with van der Waals surface area (Å²) in [5.74, 6) is -1.46. The van der Waals surface area contributed by atoms with Crippen molar-refractivity contribution < 1.29 is 41.9 Å². The van der Waals surface area contributed by atoms with Crippen LogP contribution in [0.2, 0.25) is 5.02 Å². The number of nitrogens with one attached hydrogen (secondary N) is 3. The number of piperazine rings is 1. The van der Waals surface area contributed by atoms with Crippen LogP contribution in [0.4, 0.5) is 30.4 Å². The van der Waals surface area contributed by atoms with Crippen LogP contribution in [-0.2, 0) is 22.8 Å². The third kappa shape index (κ3) is 9.52. The van der Waals surface area contributed by atoms with Gasteiger partial charge >= 0.3 is 6.18 Å². The van der Waals surface area contributed by atoms with Crippen LogP contribution in [-0.4, -0.2) is 133 Å². The van der Waals surface area contributed by atoms with Gasteiger partial charge in [0.25, 0.3) is 11.8 Å². The van der Waals surface area contributed by atoms with E-state index < -0.39 is 23.7 Å². The zero-order valence-electron chi connectivity index (χ0n) is 34.1. The topological polar surface area (TPSA) is 195 Å². The van der Waals surface area contributed by atoms with Gasteiger partial charge in [-0.15, -0.1) is 0 Å². The fourth-order valence-electron chi connectivity index (χ4n) is 8.52. The fourth-order valence-corrected chi connectivity index (χ4v) is 8.78. The van der Waals surface area contributed by atoms with Crippen molar-refractivity contribution in [2.75, 3.05) is 76.1 Å². The van der Waals surface area contributed by atoms with Crippen LogP contribution < -0.4 is 21.1 Å². The third-order valence-electron chi connectivity index (χ3n) is 11.9. The number of hydrogen-bond acceptors (Lipinski definition) is 11. The predicted molar refractivity (Wildman–Crippen MR) is 222 cm³/mol. The SMILES string of the molecule is Cn1c(-c2cn(-c3ccc(Nc4ccccn4)cn3)nc2C(F)(F)F)cnc1C(=O)Nc1ccc(C(=O)N2CCN(C(=O)C3CC[N+](CC(=O)[O-])(CC4CNC4)CC3)CC2)c(Cl)c1. The zero-order chi connectivity index (χ0) is 44.5. The highest BCUT2D eigenvalue weighted by Gasteiger charge is 2.42. The number of alkyl halides is 3. The van der Waals surface area contributed by atoms with Crippen molar-refractivity contribution in [3.05, 3.63) is 95.4 Å². The predicted octanol–water partition coefficient (Wildman–Crippen LogP) is 3.21. The van der Waals surface area contributed by atoms with Gasteiger partial charge in [-0.2, -0.15) is 18.3 Å². The smallest absolute Gasteiger partial charge is 0.435 e. The lowest BCUT2D eigenvalue weighted by atomic mass is 9.90. The number of rotatable bonds is 12. The van der Waals surface area contributed by atoms with Crippen LogP contribution in [0.25, 0.3) is 17.1 Å². The zero-order valence-corrected chi connectivity index (χ0v) is 34.9. The molecule has 0 unspecified atom stereocenters. The number of piperidine rings is 1. The van der Waals surface area contributed by atoms with E-state index in [-0.39, 0.29) is 76.5 Å². The Morgan fingerprint density at radius 3 is 2.29 bits per heavy atom. The van der Waals surface area contributed by atoms with Crippen LogP contribution in [0.3, 0.4) is 0 Å². The van der Waals surface area contributed by atoms with Gasteiger partial charge in [-0.1, -0.05) is 17.7 Å². The van der Waals surface area contributed by atoms with Gasteiger partial charge in [0.1, 0.15) is 12.4 Å². The number of quaternary nitrogens is 1. The molecule has 63 heavy (non-hydrogen) atoms. The molecule has 0 bridgehead atoms. The van der Waals surface area contributed by atoms with E-state index in [0.717, 1.165) is 30.5 Å². The number of aromatic nitrogens is 6. The van der Waals surface area contributed by atoms with E-state index in [4.69, 9.17) is 11.6 Å². The molecule has 330 valence electrons. The Hall–Kier alpha value is -6.38. The summed E-state index contributed by atoms with van der Waals surface area (Å²) >= 11 is 6.57. The first-order valence-corrected chi connectivity index (χ1v) is 20.8. The maximum absolute atomic E-state index is 14.3. The molecule has 17 nitrogen and oxygen atoms in total. The Morgan fingerprint density at radius 1 is 0.937 bits per heavy atom. The number of carbonyl (C=O) groups is 4. The van der Waals surface area contributed by atoms with Gasteiger partial charge in [-0.25, -0.2) is 19.6 Å². The van der Waals surface area contributed by atoms with E-state index >= 15 is 0 Å². The minimum absolute atomic E-state index is 0.0153. The molecule has 0 saturated carbocycles. The minimum atomic E-state index is -4.85. The molecule has 4 aromatic heterocycles. The van der Waals surface area contributed by atoms with Crippen LogP contribution in [0.1, 0.15) is 39.5 Å². The average Bonchev–Trinajstić information content (AvgIpc) is 3.87. The number of halogens is 4. The summed E-state index contributed by atoms with van der Waals surface area (Å²) < 4.78 is 45.6. The van der Waals surface area contributed by atoms with Gasteiger partial charge in [0.05, 0.1) is 65.5 Å². The number of carboxylic acids is 1. The molecule has 5 aromatic rings. The summed E-state index contributed by atoms with van der Waals surface area (Å²) in [7, 11) is 1.40. The van der Waals surface area contributed by atoms with E-state index in [2.05, 4.69) is 36.0 Å². The fraction of sp³-hybridized carbons (Fsp3) is 0.381. The largest absolute Gasteiger partial charge is 0.544 e. The molecule has 7 heterocycles. The normalized spacial score (nSPS) is 19.3. The third-order valence-corrected chi connectivity index (χ3v) is 12.2. The molecular weight excluding hydrogens is 845 g/mol. The van der Waals surface area contributed by atoms with Crippen LogP contribution >= 0.6 is 11.6 Å². The number of aliphatic carboxylic acids is 1. The summed E-state index contributed by atoms with van der Waals surface area (Å²) in [6.45, 7) is 4.91. The first-order valence-electron chi connectivity index (χ1n) is 20.4. The van der Waals surface area contributed by atoms with E-state index in [1.54, 1.807) is 40.3 Å². The molecule has 0 aliphatic carbocycles. The number of amides is 3. The molecule has 3 amide bonds. The number of hydrogen-bond donors (Lipinski definition) is 3. The molecule has 3 N–H and O–H groups in total. The van der Waals surface area contributed by atoms with Crippen molar-refractivity contribution in [3.63, 3.8) is 0 Å². The Kier molecular flexibility index (Phi) is 12.2. The lowest BCUT2D eigenvalue weighted by Crippen LogP contribution is -2.63. The highest BCUT2D eigenvalue weighted by Crippen LogP contribution is 2.37. The van der Waals surface area contributed by atoms with E-state index in [9.17, 15) is 37.5 Å². The summed E-state index contributed by atoms with van der Waals surface area (Å²) in [5.41, 5.74) is -0.586. The molecule has 1 aromatic carbocycles. The monoisotopic (exact) mass is 888 g/mol. The van der Waals surface area contributed by atoms with E-state index in [0.29, 0.717) is 60.9 Å². The molecule has 3 aliphatic heterocycles. The summed E-state index contributed by atoms with van der Waals surface area (Å²) in [6.07, 6.45) is 1.70. The number of nitrogens with zero attached hydrogens (tertiary/aromatic N) is 9. The van der Waals surface area contributed by atoms with Crippen LogP contribution in [0.5, 0.6) is 0 Å². The van der Waals surface area contributed by atoms with Gasteiger partial charge in [0.2, 0.25) is 5.91 Å². The number of carboxylic acid groups (broad SMARTS) is 1. The number of likely N-dealkylation sites (tertiary alicyclic amines) is 1. The molecule has 3 fully saturated rings. The van der Waals surface area contributed by atoms with Crippen molar-refractivity contribution >= 4 is 52.5 Å². The number of anilines is 3. The maximum atomic E-state index is 14.3. The molecule has 0 radical (unpaired) electrons. The number of benzene rings is 1. The first-order chi connectivity index (χ1) is 30.2. The van der Waals surface area contributed by atoms with Crippen molar-refractivity contribution in [1.29, 1.82) is 0 Å². The van der Waals surface area contributed by atoms with Crippen LogP contribution in [0, 0.1) is 11.8 Å². The number of carbonyl (C=O) groups excluding carboxylic acids is 4. The second-order valence-corrected chi connectivity index (χ2v) is 16.6. The summed E-state index contributed by atoms with van der Waals surface area (Å²) in [5, 5.41) is 24.4. The quantitative estimate of drug-likeness (QED) is 0.156. The van der Waals surface area contributed by atoms with E-state index in [1.807, 2.05) is 0 Å². The molecule has 8 rings (SSSR count). The van der Waals surface area contributed by atoms with Gasteiger partial charge in [-0.05, 0) is 42.5 Å². The molecule has 0 atom stereocenters. The summed E-state index contributed by atoms with van der Waals surface area (Å²) in [4.78, 5) is 68.0. The standard InChI is InChI=1S/C42H44ClF3N12O5/c1-54-33(31-23-57(53-37(31)42(44,45)46)35-8-6-29(21-49-35)51-34-4-2-3-11-48-34)22-50-38(54)39(61)52-28-5-7-30(32(43)18-28)41(63)56-14-12-55(13-15-56)40(62)27-9-16-58(17-10-27,25-36(59)60)24-26-19-47-20-26/h2-8,11,18,21-23,26-27,47H,9-10,12-17,19-20,24-25H2,1H3,(H2-,48,51,52,59,60,61,63). The Bertz CT molecular complexity index is 2500. The van der Waals surface area contributed by atoms with Gasteiger partial charge in [0, 0.05) is 89.1 Å². The Morgan fingerprint density at radius 2 is 1.67 bits per heavy atom. The Labute approximate surface area is 364 Å². The number of pyridine rings is 2. The lowest BCUT2D eigenvalue weighted by Gasteiger charge is -2.47. The molecular formula is C42H44ClF3N12O5. The van der Waals surface area contributed by atoms with Gasteiger partial charge in [-0.3, -0.25) is 14.4 Å². The first kappa shape index (κ1) is 43.3. The van der Waals surface area contributed by atoms with Crippen molar-refractivity contribution in [2.45, 2.75) is 19.0 Å². The second-order valence-electron chi connectivity index (χ2n) is 16.2. The highest BCUT2D eigenvalue weighted by atomic mass is 35.5. The van der Waals surface area contributed by atoms with Crippen molar-refractivity contribution in [1.82, 2.24) is 44.4 Å². The molecule has 3 saturated heterocycles. The molecule has 3 aliphatic rings. The second kappa shape index (κ2) is 17.8. The number of imidazole rings is 1. The summed E-state index contributed by atoms with van der Waals surface area (Å²) in [6, 6.07) is 12.8. The van der Waals surface area contributed by atoms with Crippen molar-refractivity contribution in [2.24, 2.45) is 18.9 Å². The average molecular weight is 889 g/mol. The molecule has 0 spiro atoms. The minimum Gasteiger partial charge on any atom is -0.544 e. The maximum Gasteiger partial charge on any atom is 0.435 e. The Balaban J connectivity index is 0.875. The highest BCUT2D eigenvalue weighted by molar-refractivity contribution is 6.34. The molecule has 21 heteroatoms. The van der Waals surface area contributed by atoms with Gasteiger partial charge in [0.15, 0.2) is 17.3 Å².